The third-order valence-corrected chi connectivity index (χ3v) is 4.76. The molecule has 0 bridgehead atoms. The highest BCUT2D eigenvalue weighted by molar-refractivity contribution is 6.30. The van der Waals surface area contributed by atoms with Gasteiger partial charge >= 0.3 is 6.18 Å². The number of hydrogen-bond acceptors (Lipinski definition) is 3. The fourth-order valence-corrected chi connectivity index (χ4v) is 3.37. The quantitative estimate of drug-likeness (QED) is 0.465. The minimum Gasteiger partial charge on any atom is -0.326 e. The molecule has 2 heterocycles. The zero-order chi connectivity index (χ0) is 22.3. The van der Waals surface area contributed by atoms with E-state index >= 15 is 0 Å². The molecule has 4 rings (SSSR count). The summed E-state index contributed by atoms with van der Waals surface area (Å²) in [6.45, 7) is 1.35. The number of nitrogens with one attached hydrogen (secondary N) is 2. The number of amides is 1. The van der Waals surface area contributed by atoms with Gasteiger partial charge in [0.15, 0.2) is 5.65 Å². The smallest absolute Gasteiger partial charge is 0.326 e. The van der Waals surface area contributed by atoms with Crippen LogP contribution in [-0.4, -0.2) is 20.5 Å². The molecule has 2 aromatic carbocycles. The lowest BCUT2D eigenvalue weighted by Crippen LogP contribution is -2.15. The molecule has 0 atom stereocenters. The molecule has 0 aliphatic heterocycles. The van der Waals surface area contributed by atoms with Crippen LogP contribution in [0.5, 0.6) is 0 Å². The van der Waals surface area contributed by atoms with Gasteiger partial charge in [0, 0.05) is 29.3 Å². The van der Waals surface area contributed by atoms with E-state index in [4.69, 9.17) is 11.6 Å². The summed E-state index contributed by atoms with van der Waals surface area (Å²) in [5.41, 5.74) is -0.952. The van der Waals surface area contributed by atoms with Crippen LogP contribution in [0.25, 0.3) is 28.0 Å². The molecule has 2 aromatic heterocycles. The highest BCUT2D eigenvalue weighted by Crippen LogP contribution is 2.38. The van der Waals surface area contributed by atoms with Crippen LogP contribution in [-0.2, 0) is 11.0 Å². The van der Waals surface area contributed by atoms with Crippen LogP contribution >= 0.6 is 11.6 Å². The number of benzene rings is 2. The molecule has 0 radical (unpaired) electrons. The lowest BCUT2D eigenvalue weighted by atomic mass is 10.1. The summed E-state index contributed by atoms with van der Waals surface area (Å²) in [5, 5.41) is 5.10. The van der Waals surface area contributed by atoms with Gasteiger partial charge in [-0.15, -0.1) is 0 Å². The van der Waals surface area contributed by atoms with Gasteiger partial charge in [0.05, 0.1) is 11.3 Å². The van der Waals surface area contributed by atoms with Gasteiger partial charge in [-0.3, -0.25) is 14.7 Å². The van der Waals surface area contributed by atoms with Crippen molar-refractivity contribution in [3.8, 4) is 22.4 Å². The van der Waals surface area contributed by atoms with Crippen LogP contribution < -0.4 is 10.9 Å². The van der Waals surface area contributed by atoms with Crippen molar-refractivity contribution < 1.29 is 18.0 Å². The molecule has 0 fully saturated rings. The molecule has 0 spiro atoms. The Morgan fingerprint density at radius 2 is 1.81 bits per heavy atom. The second kappa shape index (κ2) is 7.59. The maximum atomic E-state index is 13.7. The van der Waals surface area contributed by atoms with Crippen LogP contribution in [0.3, 0.4) is 0 Å². The Kier molecular flexibility index (Phi) is 5.06. The van der Waals surface area contributed by atoms with Crippen molar-refractivity contribution in [2.24, 2.45) is 0 Å². The first-order chi connectivity index (χ1) is 14.6. The second-order valence-electron chi connectivity index (χ2n) is 6.77. The summed E-state index contributed by atoms with van der Waals surface area (Å²) in [6.07, 6.45) is -4.75. The van der Waals surface area contributed by atoms with E-state index in [9.17, 15) is 22.8 Å². The number of H-pyrrole nitrogens is 1. The zero-order valence-electron chi connectivity index (χ0n) is 15.9. The predicted molar refractivity (Wildman–Crippen MR) is 111 cm³/mol. The second-order valence-corrected chi connectivity index (χ2v) is 7.20. The average molecular weight is 447 g/mol. The zero-order valence-corrected chi connectivity index (χ0v) is 16.7. The molecule has 6 nitrogen and oxygen atoms in total. The van der Waals surface area contributed by atoms with Gasteiger partial charge in [0.1, 0.15) is 5.69 Å². The molecule has 0 saturated carbocycles. The molecule has 158 valence electrons. The van der Waals surface area contributed by atoms with E-state index in [1.807, 2.05) is 0 Å². The summed E-state index contributed by atoms with van der Waals surface area (Å²) >= 11 is 5.87. The number of aromatic amines is 1. The van der Waals surface area contributed by atoms with E-state index in [1.54, 1.807) is 24.3 Å². The number of rotatable bonds is 3. The largest absolute Gasteiger partial charge is 0.433 e. The number of carbonyl (C=O) groups is 1. The van der Waals surface area contributed by atoms with E-state index in [-0.39, 0.29) is 28.4 Å². The predicted octanol–water partition coefficient (Wildman–Crippen LogP) is 4.99. The summed E-state index contributed by atoms with van der Waals surface area (Å²) < 4.78 is 42.0. The first-order valence-corrected chi connectivity index (χ1v) is 9.38. The maximum Gasteiger partial charge on any atom is 0.433 e. The van der Waals surface area contributed by atoms with Crippen LogP contribution in [0.1, 0.15) is 12.6 Å². The summed E-state index contributed by atoms with van der Waals surface area (Å²) in [6, 6.07) is 13.4. The van der Waals surface area contributed by atoms with E-state index in [1.165, 1.54) is 31.2 Å². The van der Waals surface area contributed by atoms with Crippen LogP contribution in [0.4, 0.5) is 18.9 Å². The van der Waals surface area contributed by atoms with Crippen molar-refractivity contribution >= 4 is 28.8 Å². The van der Waals surface area contributed by atoms with E-state index < -0.39 is 17.4 Å². The molecule has 4 aromatic rings. The number of alkyl halides is 3. The summed E-state index contributed by atoms with van der Waals surface area (Å²) in [5.74, 6) is -0.286. The van der Waals surface area contributed by atoms with Gasteiger partial charge in [-0.1, -0.05) is 35.9 Å². The number of carbonyl (C=O) groups excluding carboxylic acids is 1. The van der Waals surface area contributed by atoms with E-state index in [0.717, 1.165) is 10.6 Å². The van der Waals surface area contributed by atoms with Crippen LogP contribution in [0.2, 0.25) is 5.02 Å². The summed E-state index contributed by atoms with van der Waals surface area (Å²) in [4.78, 5) is 28.3. The first kappa shape index (κ1) is 20.7. The highest BCUT2D eigenvalue weighted by Gasteiger charge is 2.38. The standard InChI is InChI=1S/C21H14ClF3N4O2/c1-11(30)26-15-4-2-3-13(9-15)16-10-17(31)29-20(27-16)18(19(28-29)21(23,24)25)12-5-7-14(22)8-6-12/h2-10,28H,1H3,(H,26,30). The van der Waals surface area contributed by atoms with Gasteiger partial charge in [-0.2, -0.15) is 13.2 Å². The van der Waals surface area contributed by atoms with Gasteiger partial charge in [0.25, 0.3) is 5.56 Å². The van der Waals surface area contributed by atoms with E-state index in [2.05, 4.69) is 15.4 Å². The molecule has 0 aliphatic rings. The SMILES string of the molecule is CC(=O)Nc1cccc(-c2cc(=O)n3[nH]c(C(F)(F)F)c(-c4ccc(Cl)cc4)c3n2)c1. The molecule has 31 heavy (non-hydrogen) atoms. The number of aromatic nitrogens is 3. The normalized spacial score (nSPS) is 11.6. The summed E-state index contributed by atoms with van der Waals surface area (Å²) in [7, 11) is 0. The molecule has 10 heteroatoms. The van der Waals surface area contributed by atoms with Gasteiger partial charge in [-0.05, 0) is 29.8 Å². The Hall–Kier alpha value is -3.59. The Morgan fingerprint density at radius 3 is 2.45 bits per heavy atom. The lowest BCUT2D eigenvalue weighted by Gasteiger charge is -2.08. The minimum absolute atomic E-state index is 0.167. The average Bonchev–Trinajstić information content (AvgIpc) is 3.09. The minimum atomic E-state index is -4.75. The molecule has 2 N–H and O–H groups in total. The highest BCUT2D eigenvalue weighted by atomic mass is 35.5. The van der Waals surface area contributed by atoms with Crippen molar-refractivity contribution in [1.29, 1.82) is 0 Å². The van der Waals surface area contributed by atoms with Crippen LogP contribution in [0.15, 0.2) is 59.4 Å². The fourth-order valence-electron chi connectivity index (χ4n) is 3.24. The number of nitrogens with zero attached hydrogens (tertiary/aromatic N) is 2. The molecule has 0 aliphatic carbocycles. The van der Waals surface area contributed by atoms with Gasteiger partial charge < -0.3 is 5.32 Å². The maximum absolute atomic E-state index is 13.7. The number of halogens is 4. The third-order valence-electron chi connectivity index (χ3n) is 4.51. The Morgan fingerprint density at radius 1 is 1.10 bits per heavy atom. The van der Waals surface area contributed by atoms with Crippen molar-refractivity contribution in [3.63, 3.8) is 0 Å². The van der Waals surface area contributed by atoms with Crippen molar-refractivity contribution in [3.05, 3.63) is 75.7 Å². The van der Waals surface area contributed by atoms with Gasteiger partial charge in [-0.25, -0.2) is 9.50 Å². The molecule has 0 unspecified atom stereocenters. The lowest BCUT2D eigenvalue weighted by molar-refractivity contribution is -0.140. The first-order valence-electron chi connectivity index (χ1n) is 9.00. The Balaban J connectivity index is 1.98. The fraction of sp³-hybridized carbons (Fsp3) is 0.0952. The van der Waals surface area contributed by atoms with Crippen molar-refractivity contribution in [1.82, 2.24) is 14.6 Å². The topological polar surface area (TPSA) is 79.3 Å². The molecular formula is C21H14ClF3N4O2. The monoisotopic (exact) mass is 446 g/mol. The number of hydrogen-bond donors (Lipinski definition) is 2. The van der Waals surface area contributed by atoms with E-state index in [0.29, 0.717) is 16.3 Å². The third kappa shape index (κ3) is 4.04. The van der Waals surface area contributed by atoms with Crippen molar-refractivity contribution in [2.75, 3.05) is 5.32 Å². The molecule has 0 saturated heterocycles. The number of fused-ring (bicyclic) bond motifs is 1. The molecule has 1 amide bonds. The van der Waals surface area contributed by atoms with Gasteiger partial charge in [0.2, 0.25) is 5.91 Å². The number of anilines is 1. The Bertz CT molecular complexity index is 1360. The van der Waals surface area contributed by atoms with Crippen molar-refractivity contribution in [2.45, 2.75) is 13.1 Å². The Labute approximate surface area is 178 Å². The van der Waals surface area contributed by atoms with Crippen LogP contribution in [0, 0.1) is 0 Å². The molecular weight excluding hydrogens is 433 g/mol.